The molecule has 0 saturated carbocycles. The summed E-state index contributed by atoms with van der Waals surface area (Å²) in [5, 5.41) is 1.34. The van der Waals surface area contributed by atoms with Gasteiger partial charge in [0.15, 0.2) is 0 Å². The summed E-state index contributed by atoms with van der Waals surface area (Å²) in [6, 6.07) is 17.3. The minimum Gasteiger partial charge on any atom is -0.425 e. The van der Waals surface area contributed by atoms with Crippen molar-refractivity contribution in [2.24, 2.45) is 0 Å². The predicted molar refractivity (Wildman–Crippen MR) is 145 cm³/mol. The van der Waals surface area contributed by atoms with E-state index in [0.29, 0.717) is 16.5 Å². The molecule has 0 aliphatic heterocycles. The first-order valence-electron chi connectivity index (χ1n) is 12.0. The summed E-state index contributed by atoms with van der Waals surface area (Å²) in [4.78, 5) is 28.7. The van der Waals surface area contributed by atoms with Gasteiger partial charge in [-0.1, -0.05) is 35.9 Å². The Hall–Kier alpha value is -4.21. The van der Waals surface area contributed by atoms with Crippen molar-refractivity contribution in [1.82, 2.24) is 9.71 Å². The molecule has 1 atom stereocenters. The molecule has 0 aliphatic carbocycles. The molecule has 0 radical (unpaired) electrons. The molecule has 0 aliphatic rings. The average molecular weight is 531 g/mol. The Kier molecular flexibility index (Phi) is 6.64. The summed E-state index contributed by atoms with van der Waals surface area (Å²) in [7, 11) is -4.06. The van der Waals surface area contributed by atoms with E-state index in [4.69, 9.17) is 9.15 Å². The Morgan fingerprint density at radius 1 is 1.00 bits per heavy atom. The normalized spacial score (nSPS) is 12.6. The van der Waals surface area contributed by atoms with E-state index in [1.54, 1.807) is 44.3 Å². The fourth-order valence-corrected chi connectivity index (χ4v) is 5.69. The Morgan fingerprint density at radius 2 is 1.74 bits per heavy atom. The number of benzene rings is 3. The molecule has 9 heteroatoms. The topological polar surface area (TPSA) is 118 Å². The van der Waals surface area contributed by atoms with Crippen molar-refractivity contribution in [3.63, 3.8) is 0 Å². The van der Waals surface area contributed by atoms with E-state index >= 15 is 0 Å². The van der Waals surface area contributed by atoms with Crippen LogP contribution >= 0.6 is 0 Å². The minimum absolute atomic E-state index is 0.0402. The van der Waals surface area contributed by atoms with E-state index in [-0.39, 0.29) is 22.6 Å². The van der Waals surface area contributed by atoms with Crippen LogP contribution in [-0.2, 0) is 21.2 Å². The molecule has 0 saturated heterocycles. The molecule has 194 valence electrons. The molecule has 5 rings (SSSR count). The van der Waals surface area contributed by atoms with E-state index in [9.17, 15) is 18.0 Å². The van der Waals surface area contributed by atoms with Crippen LogP contribution in [0.15, 0.2) is 87.0 Å². The number of carbonyl (C=O) groups is 1. The number of aryl methyl sites for hydroxylation is 3. The number of rotatable bonds is 7. The van der Waals surface area contributed by atoms with Gasteiger partial charge in [0, 0.05) is 29.6 Å². The number of hydrogen-bond acceptors (Lipinski definition) is 6. The van der Waals surface area contributed by atoms with E-state index < -0.39 is 27.7 Å². The number of esters is 1. The smallest absolute Gasteiger partial charge is 0.336 e. The van der Waals surface area contributed by atoms with Crippen molar-refractivity contribution < 1.29 is 22.4 Å². The first kappa shape index (κ1) is 25.4. The number of carbonyl (C=O) groups excluding carboxylic acids is 1. The Morgan fingerprint density at radius 3 is 2.50 bits per heavy atom. The second-order valence-corrected chi connectivity index (χ2v) is 11.1. The number of sulfonamides is 1. The highest BCUT2D eigenvalue weighted by Gasteiger charge is 2.29. The van der Waals surface area contributed by atoms with Gasteiger partial charge in [-0.2, -0.15) is 4.72 Å². The van der Waals surface area contributed by atoms with Crippen molar-refractivity contribution in [1.29, 1.82) is 0 Å². The van der Waals surface area contributed by atoms with Crippen molar-refractivity contribution >= 4 is 37.9 Å². The molecule has 8 nitrogen and oxygen atoms in total. The van der Waals surface area contributed by atoms with Gasteiger partial charge in [-0.15, -0.1) is 0 Å². The van der Waals surface area contributed by atoms with Crippen LogP contribution in [0.3, 0.4) is 0 Å². The zero-order valence-corrected chi connectivity index (χ0v) is 21.9. The number of fused-ring (bicyclic) bond motifs is 2. The maximum Gasteiger partial charge on any atom is 0.336 e. The number of aromatic nitrogens is 1. The molecule has 2 heterocycles. The van der Waals surface area contributed by atoms with Crippen LogP contribution in [0.4, 0.5) is 0 Å². The fraction of sp³-hybridized carbons (Fsp3) is 0.172. The lowest BCUT2D eigenvalue weighted by atomic mass is 10.1. The SMILES string of the molecule is Cc1ccc(S(=O)(=O)N[C@@H](Cc2c[nH]c3ccccc23)C(=O)Oc2cc(C)cc3oc(=O)cc(C)c23)cc1. The summed E-state index contributed by atoms with van der Waals surface area (Å²) in [5.41, 5.74) is 3.59. The summed E-state index contributed by atoms with van der Waals surface area (Å²) >= 11 is 0. The molecule has 5 aromatic rings. The van der Waals surface area contributed by atoms with Gasteiger partial charge in [-0.3, -0.25) is 0 Å². The molecular formula is C29H26N2O6S. The second-order valence-electron chi connectivity index (χ2n) is 9.36. The molecule has 0 spiro atoms. The highest BCUT2D eigenvalue weighted by atomic mass is 32.2. The van der Waals surface area contributed by atoms with Gasteiger partial charge in [-0.05, 0) is 67.8 Å². The number of H-pyrrole nitrogens is 1. The van der Waals surface area contributed by atoms with Gasteiger partial charge in [0.2, 0.25) is 10.0 Å². The van der Waals surface area contributed by atoms with Gasteiger partial charge < -0.3 is 14.1 Å². The van der Waals surface area contributed by atoms with E-state index in [1.165, 1.54) is 18.2 Å². The highest BCUT2D eigenvalue weighted by Crippen LogP contribution is 2.30. The van der Waals surface area contributed by atoms with Crippen molar-refractivity contribution in [2.75, 3.05) is 0 Å². The van der Waals surface area contributed by atoms with E-state index in [1.807, 2.05) is 31.2 Å². The lowest BCUT2D eigenvalue weighted by Crippen LogP contribution is -2.44. The van der Waals surface area contributed by atoms with Crippen LogP contribution in [0, 0.1) is 20.8 Å². The van der Waals surface area contributed by atoms with Crippen molar-refractivity contribution in [2.45, 2.75) is 38.1 Å². The van der Waals surface area contributed by atoms with E-state index in [0.717, 1.165) is 22.0 Å². The molecule has 0 bridgehead atoms. The minimum atomic E-state index is -4.06. The third-order valence-corrected chi connectivity index (χ3v) is 7.86. The zero-order valence-electron chi connectivity index (χ0n) is 21.1. The predicted octanol–water partition coefficient (Wildman–Crippen LogP) is 4.69. The van der Waals surface area contributed by atoms with Gasteiger partial charge in [-0.25, -0.2) is 18.0 Å². The van der Waals surface area contributed by atoms with Gasteiger partial charge >= 0.3 is 11.6 Å². The number of hydrogen-bond donors (Lipinski definition) is 2. The summed E-state index contributed by atoms with van der Waals surface area (Å²) in [5.74, 6) is -0.604. The fourth-order valence-electron chi connectivity index (χ4n) is 4.50. The Bertz CT molecular complexity index is 1840. The van der Waals surface area contributed by atoms with Crippen molar-refractivity contribution in [3.05, 3.63) is 106 Å². The number of para-hydroxylation sites is 1. The number of nitrogens with one attached hydrogen (secondary N) is 2. The number of aromatic amines is 1. The molecular weight excluding hydrogens is 504 g/mol. The van der Waals surface area contributed by atoms with Crippen LogP contribution in [0.1, 0.15) is 22.3 Å². The third kappa shape index (κ3) is 5.11. The van der Waals surface area contributed by atoms with Gasteiger partial charge in [0.1, 0.15) is 17.4 Å². The zero-order chi connectivity index (χ0) is 27.0. The Balaban J connectivity index is 1.54. The lowest BCUT2D eigenvalue weighted by molar-refractivity contribution is -0.136. The largest absolute Gasteiger partial charge is 0.425 e. The summed E-state index contributed by atoms with van der Waals surface area (Å²) in [6.07, 6.45) is 1.80. The van der Waals surface area contributed by atoms with Crippen LogP contribution in [0.25, 0.3) is 21.9 Å². The standard InChI is InChI=1S/C29H26N2O6S/c1-17-8-10-21(11-9-17)38(34,35)31-24(15-20-16-30-23-7-5-4-6-22(20)23)29(33)37-26-13-18(2)12-25-28(26)19(3)14-27(32)36-25/h4-14,16,24,30-31H,15H2,1-3H3/t24-/m0/s1. The Labute approximate surface area is 219 Å². The molecule has 38 heavy (non-hydrogen) atoms. The summed E-state index contributed by atoms with van der Waals surface area (Å²) in [6.45, 7) is 5.36. The molecule has 2 aromatic heterocycles. The van der Waals surface area contributed by atoms with Crippen LogP contribution in [-0.4, -0.2) is 25.4 Å². The first-order valence-corrected chi connectivity index (χ1v) is 13.5. The molecule has 2 N–H and O–H groups in total. The molecule has 0 unspecified atom stereocenters. The molecule has 0 amide bonds. The maximum absolute atomic E-state index is 13.6. The van der Waals surface area contributed by atoms with Gasteiger partial charge in [0.25, 0.3) is 0 Å². The highest BCUT2D eigenvalue weighted by molar-refractivity contribution is 7.89. The average Bonchev–Trinajstić information content (AvgIpc) is 3.26. The van der Waals surface area contributed by atoms with Gasteiger partial charge in [0.05, 0.1) is 10.3 Å². The first-order chi connectivity index (χ1) is 18.1. The van der Waals surface area contributed by atoms with Crippen molar-refractivity contribution in [3.8, 4) is 5.75 Å². The molecule has 3 aromatic carbocycles. The molecule has 0 fully saturated rings. The third-order valence-electron chi connectivity index (χ3n) is 6.37. The monoisotopic (exact) mass is 530 g/mol. The quantitative estimate of drug-likeness (QED) is 0.179. The van der Waals surface area contributed by atoms with Crippen LogP contribution in [0.5, 0.6) is 5.75 Å². The van der Waals surface area contributed by atoms with Crippen LogP contribution < -0.4 is 15.1 Å². The van der Waals surface area contributed by atoms with E-state index in [2.05, 4.69) is 9.71 Å². The summed E-state index contributed by atoms with van der Waals surface area (Å²) < 4.78 is 40.3. The second kappa shape index (κ2) is 9.92. The lowest BCUT2D eigenvalue weighted by Gasteiger charge is -2.19. The maximum atomic E-state index is 13.6. The number of ether oxygens (including phenoxy) is 1. The van der Waals surface area contributed by atoms with Crippen LogP contribution in [0.2, 0.25) is 0 Å².